The zero-order chi connectivity index (χ0) is 10.1. The van der Waals surface area contributed by atoms with E-state index >= 15 is 0 Å². The van der Waals surface area contributed by atoms with E-state index in [1.165, 1.54) is 25.9 Å². The monoisotopic (exact) mass is 202 g/mol. The lowest BCUT2D eigenvalue weighted by Gasteiger charge is -2.32. The van der Waals surface area contributed by atoms with E-state index in [1.807, 2.05) is 0 Å². The smallest absolute Gasteiger partial charge is 0.0177 e. The van der Waals surface area contributed by atoms with Gasteiger partial charge in [0.05, 0.1) is 0 Å². The first-order valence-electron chi connectivity index (χ1n) is 5.95. The lowest BCUT2D eigenvalue weighted by molar-refractivity contribution is 0.178. The predicted octanol–water partition coefficient (Wildman–Crippen LogP) is 1.06. The number of fused-ring (bicyclic) bond motifs is 1. The summed E-state index contributed by atoms with van der Waals surface area (Å²) in [4.78, 5) is 2.65. The van der Waals surface area contributed by atoms with Crippen molar-refractivity contribution >= 4 is 0 Å². The molecule has 3 rings (SSSR count). The van der Waals surface area contributed by atoms with Crippen molar-refractivity contribution in [2.45, 2.75) is 18.9 Å². The van der Waals surface area contributed by atoms with Crippen molar-refractivity contribution in [3.63, 3.8) is 0 Å². The number of nitrogens with one attached hydrogen (secondary N) is 1. The molecule has 2 aliphatic rings. The van der Waals surface area contributed by atoms with Crippen LogP contribution in [0.15, 0.2) is 24.3 Å². The predicted molar refractivity (Wildman–Crippen MR) is 62.1 cm³/mol. The summed E-state index contributed by atoms with van der Waals surface area (Å²) in [5.74, 6) is 0. The third-order valence-corrected chi connectivity index (χ3v) is 3.70. The number of rotatable bonds is 1. The third kappa shape index (κ3) is 1.80. The fraction of sp³-hybridized carbons (Fsp3) is 0.538. The summed E-state index contributed by atoms with van der Waals surface area (Å²) < 4.78 is 0. The summed E-state index contributed by atoms with van der Waals surface area (Å²) in [6.07, 6.45) is 2.52. The first kappa shape index (κ1) is 9.37. The highest BCUT2D eigenvalue weighted by Gasteiger charge is 2.26. The van der Waals surface area contributed by atoms with Gasteiger partial charge in [0.1, 0.15) is 0 Å². The van der Waals surface area contributed by atoms with E-state index in [0.29, 0.717) is 0 Å². The maximum absolute atomic E-state index is 3.42. The number of hydrogen-bond donors (Lipinski definition) is 1. The zero-order valence-corrected chi connectivity index (χ0v) is 9.08. The van der Waals surface area contributed by atoms with Gasteiger partial charge in [0, 0.05) is 32.2 Å². The van der Waals surface area contributed by atoms with Crippen LogP contribution < -0.4 is 5.32 Å². The van der Waals surface area contributed by atoms with E-state index < -0.39 is 0 Å². The molecule has 1 aliphatic heterocycles. The molecule has 2 nitrogen and oxygen atoms in total. The highest BCUT2D eigenvalue weighted by Crippen LogP contribution is 2.25. The van der Waals surface area contributed by atoms with Gasteiger partial charge >= 0.3 is 0 Å². The topological polar surface area (TPSA) is 15.3 Å². The Hall–Kier alpha value is -0.860. The minimum absolute atomic E-state index is 0.768. The second-order valence-corrected chi connectivity index (χ2v) is 4.62. The van der Waals surface area contributed by atoms with E-state index in [2.05, 4.69) is 34.5 Å². The summed E-state index contributed by atoms with van der Waals surface area (Å²) in [5, 5.41) is 3.42. The Morgan fingerprint density at radius 1 is 1.00 bits per heavy atom. The molecule has 80 valence electrons. The van der Waals surface area contributed by atoms with Gasteiger partial charge in [-0.05, 0) is 24.0 Å². The van der Waals surface area contributed by atoms with Crippen LogP contribution >= 0.6 is 0 Å². The number of piperazine rings is 1. The Labute approximate surface area is 91.3 Å². The van der Waals surface area contributed by atoms with Crippen LogP contribution in [0.4, 0.5) is 0 Å². The molecule has 0 atom stereocenters. The van der Waals surface area contributed by atoms with Crippen molar-refractivity contribution in [2.24, 2.45) is 0 Å². The molecular weight excluding hydrogens is 184 g/mol. The Kier molecular flexibility index (Phi) is 2.47. The summed E-state index contributed by atoms with van der Waals surface area (Å²) in [6.45, 7) is 4.76. The third-order valence-electron chi connectivity index (χ3n) is 3.70. The van der Waals surface area contributed by atoms with Gasteiger partial charge in [-0.2, -0.15) is 0 Å². The molecule has 1 aromatic carbocycles. The quantitative estimate of drug-likeness (QED) is 0.732. The molecule has 1 saturated heterocycles. The van der Waals surface area contributed by atoms with Crippen LogP contribution in [0.2, 0.25) is 0 Å². The van der Waals surface area contributed by atoms with E-state index in [4.69, 9.17) is 0 Å². The largest absolute Gasteiger partial charge is 0.314 e. The second-order valence-electron chi connectivity index (χ2n) is 4.62. The van der Waals surface area contributed by atoms with Gasteiger partial charge in [-0.1, -0.05) is 24.3 Å². The fourth-order valence-electron chi connectivity index (χ4n) is 2.84. The van der Waals surface area contributed by atoms with Crippen molar-refractivity contribution in [3.8, 4) is 0 Å². The Balaban J connectivity index is 1.72. The van der Waals surface area contributed by atoms with Gasteiger partial charge in [-0.3, -0.25) is 4.90 Å². The number of nitrogens with zero attached hydrogens (tertiary/aromatic N) is 1. The summed E-state index contributed by atoms with van der Waals surface area (Å²) in [6, 6.07) is 9.68. The average Bonchev–Trinajstić information content (AvgIpc) is 2.74. The van der Waals surface area contributed by atoms with Crippen molar-refractivity contribution < 1.29 is 0 Å². The molecule has 0 spiro atoms. The average molecular weight is 202 g/mol. The molecule has 1 fully saturated rings. The summed E-state index contributed by atoms with van der Waals surface area (Å²) >= 11 is 0. The molecule has 0 unspecified atom stereocenters. The van der Waals surface area contributed by atoms with Gasteiger partial charge in [0.15, 0.2) is 0 Å². The molecule has 15 heavy (non-hydrogen) atoms. The van der Waals surface area contributed by atoms with Crippen LogP contribution in [0.5, 0.6) is 0 Å². The van der Waals surface area contributed by atoms with Crippen LogP contribution in [-0.2, 0) is 12.8 Å². The van der Waals surface area contributed by atoms with Crippen LogP contribution in [-0.4, -0.2) is 37.1 Å². The molecule has 0 amide bonds. The SMILES string of the molecule is c1ccc2c(c1)CC(N1CCNCC1)C2. The van der Waals surface area contributed by atoms with Gasteiger partial charge in [-0.25, -0.2) is 0 Å². The maximum atomic E-state index is 3.42. The molecule has 1 heterocycles. The van der Waals surface area contributed by atoms with Crippen LogP contribution in [0.1, 0.15) is 11.1 Å². The minimum atomic E-state index is 0.768. The number of benzene rings is 1. The van der Waals surface area contributed by atoms with Crippen LogP contribution in [0.3, 0.4) is 0 Å². The Morgan fingerprint density at radius 3 is 2.20 bits per heavy atom. The molecule has 0 saturated carbocycles. The van der Waals surface area contributed by atoms with Crippen molar-refractivity contribution in [1.29, 1.82) is 0 Å². The molecule has 0 bridgehead atoms. The number of hydrogen-bond acceptors (Lipinski definition) is 2. The Bertz CT molecular complexity index is 317. The van der Waals surface area contributed by atoms with Crippen molar-refractivity contribution in [3.05, 3.63) is 35.4 Å². The standard InChI is InChI=1S/C13H18N2/c1-2-4-12-10-13(9-11(12)3-1)15-7-5-14-6-8-15/h1-4,13-14H,5-10H2. The molecule has 1 aliphatic carbocycles. The molecule has 0 aromatic heterocycles. The highest BCUT2D eigenvalue weighted by molar-refractivity contribution is 5.33. The normalized spacial score (nSPS) is 22.9. The second kappa shape index (κ2) is 3.95. The molecular formula is C13H18N2. The first-order valence-corrected chi connectivity index (χ1v) is 5.95. The van der Waals surface area contributed by atoms with Crippen LogP contribution in [0.25, 0.3) is 0 Å². The van der Waals surface area contributed by atoms with Crippen molar-refractivity contribution in [1.82, 2.24) is 10.2 Å². The molecule has 0 radical (unpaired) electrons. The van der Waals surface area contributed by atoms with Gasteiger partial charge in [-0.15, -0.1) is 0 Å². The maximum Gasteiger partial charge on any atom is 0.0177 e. The molecule has 1 N–H and O–H groups in total. The Morgan fingerprint density at radius 2 is 1.60 bits per heavy atom. The van der Waals surface area contributed by atoms with Gasteiger partial charge in [0.25, 0.3) is 0 Å². The van der Waals surface area contributed by atoms with Gasteiger partial charge < -0.3 is 5.32 Å². The zero-order valence-electron chi connectivity index (χ0n) is 9.08. The lowest BCUT2D eigenvalue weighted by atomic mass is 10.1. The van der Waals surface area contributed by atoms with Gasteiger partial charge in [0.2, 0.25) is 0 Å². The molecule has 2 heteroatoms. The van der Waals surface area contributed by atoms with Crippen molar-refractivity contribution in [2.75, 3.05) is 26.2 Å². The van der Waals surface area contributed by atoms with E-state index in [9.17, 15) is 0 Å². The minimum Gasteiger partial charge on any atom is -0.314 e. The summed E-state index contributed by atoms with van der Waals surface area (Å²) in [7, 11) is 0. The fourth-order valence-corrected chi connectivity index (χ4v) is 2.84. The van der Waals surface area contributed by atoms with E-state index in [1.54, 1.807) is 11.1 Å². The van der Waals surface area contributed by atoms with E-state index in [0.717, 1.165) is 19.1 Å². The summed E-state index contributed by atoms with van der Waals surface area (Å²) in [5.41, 5.74) is 3.14. The highest BCUT2D eigenvalue weighted by atomic mass is 15.2. The molecule has 1 aromatic rings. The first-order chi connectivity index (χ1) is 7.43. The van der Waals surface area contributed by atoms with Crippen LogP contribution in [0, 0.1) is 0 Å². The lowest BCUT2D eigenvalue weighted by Crippen LogP contribution is -2.48. The van der Waals surface area contributed by atoms with E-state index in [-0.39, 0.29) is 0 Å².